The van der Waals surface area contributed by atoms with E-state index in [1.54, 1.807) is 26.0 Å². The van der Waals surface area contributed by atoms with E-state index in [-0.39, 0.29) is 43.9 Å². The second-order valence-corrected chi connectivity index (χ2v) is 9.77. The van der Waals surface area contributed by atoms with Gasteiger partial charge in [0.25, 0.3) is 0 Å². The number of methoxy groups -OCH3 is 2. The van der Waals surface area contributed by atoms with Crippen molar-refractivity contribution >= 4 is 30.3 Å². The number of ether oxygens (including phenoxy) is 3. The van der Waals surface area contributed by atoms with Crippen LogP contribution in [0.25, 0.3) is 0 Å². The standard InChI is InChI=1S/C27H40N2O7.ClH/c1-5-36-27(33)21(12-11-18-9-7-6-8-10-18)28-17(2)25(30)29-16-20-15-24(35-4)23(34-3)14-19(20)13-22(29)26(31)32;/h14-15,17-18,21-22,28H,5-13,16H2,1-4H3,(H,31,32);1H/t17-,21-,22-;/m0./s1. The molecular weight excluding hydrogens is 500 g/mol. The fourth-order valence-electron chi connectivity index (χ4n) is 5.38. The fraction of sp³-hybridized carbons (Fsp3) is 0.667. The normalized spacial score (nSPS) is 19.1. The van der Waals surface area contributed by atoms with Gasteiger partial charge in [0.15, 0.2) is 11.5 Å². The summed E-state index contributed by atoms with van der Waals surface area (Å²) in [5.74, 6) is -0.182. The second kappa shape index (κ2) is 14.4. The molecule has 0 saturated heterocycles. The van der Waals surface area contributed by atoms with E-state index in [0.717, 1.165) is 17.5 Å². The molecule has 9 nitrogen and oxygen atoms in total. The van der Waals surface area contributed by atoms with Crippen molar-refractivity contribution in [3.63, 3.8) is 0 Å². The van der Waals surface area contributed by atoms with Crippen LogP contribution in [0.1, 0.15) is 69.9 Å². The highest BCUT2D eigenvalue weighted by atomic mass is 35.5. The Labute approximate surface area is 225 Å². The Hall–Kier alpha value is -2.52. The molecule has 0 unspecified atom stereocenters. The zero-order valence-corrected chi connectivity index (χ0v) is 23.1. The average molecular weight is 541 g/mol. The Balaban J connectivity index is 0.00000481. The minimum absolute atomic E-state index is 0. The molecule has 2 aliphatic rings. The molecule has 1 aromatic rings. The van der Waals surface area contributed by atoms with Gasteiger partial charge in [0, 0.05) is 13.0 Å². The molecule has 0 spiro atoms. The molecule has 1 saturated carbocycles. The summed E-state index contributed by atoms with van der Waals surface area (Å²) < 4.78 is 16.0. The summed E-state index contributed by atoms with van der Waals surface area (Å²) in [5, 5.41) is 13.1. The van der Waals surface area contributed by atoms with Gasteiger partial charge in [-0.3, -0.25) is 14.9 Å². The molecule has 1 heterocycles. The number of carbonyl (C=O) groups excluding carboxylic acids is 2. The molecule has 3 atom stereocenters. The molecule has 0 aromatic heterocycles. The van der Waals surface area contributed by atoms with Crippen molar-refractivity contribution in [3.05, 3.63) is 23.3 Å². The molecule has 37 heavy (non-hydrogen) atoms. The van der Waals surface area contributed by atoms with Crippen LogP contribution in [0.4, 0.5) is 0 Å². The molecule has 208 valence electrons. The molecule has 0 bridgehead atoms. The van der Waals surface area contributed by atoms with Crippen LogP contribution in [0.15, 0.2) is 12.1 Å². The van der Waals surface area contributed by atoms with Gasteiger partial charge in [0.05, 0.1) is 26.9 Å². The number of aliphatic carboxylic acids is 1. The largest absolute Gasteiger partial charge is 0.493 e. The number of rotatable bonds is 11. The Morgan fingerprint density at radius 3 is 2.27 bits per heavy atom. The summed E-state index contributed by atoms with van der Waals surface area (Å²) in [5.41, 5.74) is 1.62. The van der Waals surface area contributed by atoms with Gasteiger partial charge < -0.3 is 24.2 Å². The van der Waals surface area contributed by atoms with Crippen molar-refractivity contribution in [1.82, 2.24) is 10.2 Å². The van der Waals surface area contributed by atoms with Crippen LogP contribution in [-0.2, 0) is 32.1 Å². The van der Waals surface area contributed by atoms with Crippen LogP contribution in [-0.4, -0.2) is 66.8 Å². The van der Waals surface area contributed by atoms with Crippen molar-refractivity contribution in [2.75, 3.05) is 20.8 Å². The highest BCUT2D eigenvalue weighted by Crippen LogP contribution is 2.35. The van der Waals surface area contributed by atoms with Gasteiger partial charge in [-0.1, -0.05) is 32.1 Å². The fourth-order valence-corrected chi connectivity index (χ4v) is 5.38. The minimum atomic E-state index is -1.07. The van der Waals surface area contributed by atoms with Crippen LogP contribution < -0.4 is 14.8 Å². The van der Waals surface area contributed by atoms with Crippen LogP contribution in [0.3, 0.4) is 0 Å². The molecule has 2 N–H and O–H groups in total. The molecule has 1 amide bonds. The minimum Gasteiger partial charge on any atom is -0.493 e. The number of carbonyl (C=O) groups is 3. The topological polar surface area (TPSA) is 114 Å². The number of carboxylic acids is 1. The number of amides is 1. The number of benzene rings is 1. The molecule has 1 aliphatic carbocycles. The Bertz CT molecular complexity index is 936. The SMILES string of the molecule is CCOC(=O)[C@H](CCC1CCCCC1)N[C@@H](C)C(=O)N1Cc2cc(OC)c(OC)cc2C[C@H]1C(=O)O.Cl. The first-order chi connectivity index (χ1) is 17.3. The van der Waals surface area contributed by atoms with Crippen molar-refractivity contribution in [1.29, 1.82) is 0 Å². The van der Waals surface area contributed by atoms with Gasteiger partial charge in [-0.15, -0.1) is 12.4 Å². The quantitative estimate of drug-likeness (QED) is 0.408. The third kappa shape index (κ3) is 7.74. The predicted octanol–water partition coefficient (Wildman–Crippen LogP) is 3.73. The summed E-state index contributed by atoms with van der Waals surface area (Å²) in [6.07, 6.45) is 7.70. The first-order valence-corrected chi connectivity index (χ1v) is 13.0. The van der Waals surface area contributed by atoms with Gasteiger partial charge in [0.2, 0.25) is 5.91 Å². The van der Waals surface area contributed by atoms with Gasteiger partial charge in [-0.05, 0) is 55.9 Å². The van der Waals surface area contributed by atoms with Gasteiger partial charge >= 0.3 is 11.9 Å². The monoisotopic (exact) mass is 540 g/mol. The highest BCUT2D eigenvalue weighted by Gasteiger charge is 2.38. The van der Waals surface area contributed by atoms with Crippen molar-refractivity contribution in [2.24, 2.45) is 5.92 Å². The van der Waals surface area contributed by atoms with E-state index in [1.165, 1.54) is 51.2 Å². The van der Waals surface area contributed by atoms with Crippen LogP contribution in [0.2, 0.25) is 0 Å². The van der Waals surface area contributed by atoms with Crippen molar-refractivity contribution in [3.8, 4) is 11.5 Å². The predicted molar refractivity (Wildman–Crippen MR) is 141 cm³/mol. The van der Waals surface area contributed by atoms with Gasteiger partial charge in [-0.2, -0.15) is 0 Å². The number of esters is 1. The third-order valence-electron chi connectivity index (χ3n) is 7.39. The molecule has 1 fully saturated rings. The van der Waals surface area contributed by atoms with Gasteiger partial charge in [0.1, 0.15) is 12.1 Å². The molecule has 10 heteroatoms. The van der Waals surface area contributed by atoms with Gasteiger partial charge in [-0.25, -0.2) is 4.79 Å². The smallest absolute Gasteiger partial charge is 0.326 e. The maximum absolute atomic E-state index is 13.5. The summed E-state index contributed by atoms with van der Waals surface area (Å²) in [7, 11) is 3.06. The maximum Gasteiger partial charge on any atom is 0.326 e. The van der Waals surface area contributed by atoms with E-state index in [0.29, 0.717) is 23.8 Å². The van der Waals surface area contributed by atoms with Crippen LogP contribution in [0, 0.1) is 5.92 Å². The lowest BCUT2D eigenvalue weighted by Gasteiger charge is -2.37. The van der Waals surface area contributed by atoms with Crippen molar-refractivity contribution < 1.29 is 33.7 Å². The summed E-state index contributed by atoms with van der Waals surface area (Å²) in [6.45, 7) is 3.83. The molecule has 3 rings (SSSR count). The van der Waals surface area contributed by atoms with Crippen LogP contribution in [0.5, 0.6) is 11.5 Å². The van der Waals surface area contributed by atoms with E-state index in [4.69, 9.17) is 14.2 Å². The number of carboxylic acid groups (broad SMARTS) is 1. The first kappa shape index (κ1) is 30.7. The molecule has 1 aromatic carbocycles. The second-order valence-electron chi connectivity index (χ2n) is 9.77. The Morgan fingerprint density at radius 2 is 1.70 bits per heavy atom. The lowest BCUT2D eigenvalue weighted by Crippen LogP contribution is -2.56. The number of nitrogens with one attached hydrogen (secondary N) is 1. The number of nitrogens with zero attached hydrogens (tertiary/aromatic N) is 1. The Kier molecular flexibility index (Phi) is 12.0. The zero-order valence-electron chi connectivity index (χ0n) is 22.3. The summed E-state index contributed by atoms with van der Waals surface area (Å²) >= 11 is 0. The van der Waals surface area contributed by atoms with E-state index in [2.05, 4.69) is 5.32 Å². The Morgan fingerprint density at radius 1 is 1.08 bits per heavy atom. The summed E-state index contributed by atoms with van der Waals surface area (Å²) in [4.78, 5) is 39.7. The number of fused-ring (bicyclic) bond motifs is 1. The third-order valence-corrected chi connectivity index (χ3v) is 7.39. The molecule has 1 aliphatic heterocycles. The number of hydrogen-bond acceptors (Lipinski definition) is 7. The number of hydrogen-bond donors (Lipinski definition) is 2. The van der Waals surface area contributed by atoms with Crippen LogP contribution >= 0.6 is 12.4 Å². The van der Waals surface area contributed by atoms with E-state index in [1.807, 2.05) is 0 Å². The van der Waals surface area contributed by atoms with Crippen molar-refractivity contribution in [2.45, 2.75) is 89.9 Å². The molecular formula is C27H41ClN2O7. The number of halogens is 1. The van der Waals surface area contributed by atoms with E-state index in [9.17, 15) is 19.5 Å². The molecule has 0 radical (unpaired) electrons. The highest BCUT2D eigenvalue weighted by molar-refractivity contribution is 5.88. The van der Waals surface area contributed by atoms with E-state index >= 15 is 0 Å². The summed E-state index contributed by atoms with van der Waals surface area (Å²) in [6, 6.07) is 1.17. The first-order valence-electron chi connectivity index (χ1n) is 13.0. The van der Waals surface area contributed by atoms with E-state index < -0.39 is 24.1 Å². The maximum atomic E-state index is 13.5. The zero-order chi connectivity index (χ0) is 26.2. The lowest BCUT2D eigenvalue weighted by molar-refractivity contribution is -0.153. The average Bonchev–Trinajstić information content (AvgIpc) is 2.89. The lowest BCUT2D eigenvalue weighted by atomic mass is 9.85.